The number of thiazole rings is 1. The molecule has 0 aliphatic rings. The largest absolute Gasteiger partial charge is 0.361 e. The molecule has 0 atom stereocenters. The van der Waals surface area contributed by atoms with Gasteiger partial charge in [-0.25, -0.2) is 0 Å². The fourth-order valence-corrected chi connectivity index (χ4v) is 5.45. The molecule has 4 rings (SSSR count). The number of fused-ring (bicyclic) bond motifs is 1. The summed E-state index contributed by atoms with van der Waals surface area (Å²) in [5, 5.41) is 4.92. The van der Waals surface area contributed by atoms with Crippen LogP contribution in [0.15, 0.2) is 53.6 Å². The van der Waals surface area contributed by atoms with Crippen LogP contribution >= 0.6 is 22.9 Å². The standard InChI is InChI=1S/C23H26ClN3O2SSi/c1-26-14-17(13-25-26)19-7-5-6-18(22(19)24)16-8-9-20-21(12-16)30-23(28)27(20)15-29-10-11-31(2,3)4/h5-9,12-14H,10-11,15H2,1-4H3. The smallest absolute Gasteiger partial charge is 0.310 e. The van der Waals surface area contributed by atoms with Gasteiger partial charge in [-0.1, -0.05) is 66.8 Å². The van der Waals surface area contributed by atoms with E-state index < -0.39 is 8.07 Å². The molecular formula is C23H26ClN3O2SSi. The van der Waals surface area contributed by atoms with E-state index in [-0.39, 0.29) is 4.87 Å². The highest BCUT2D eigenvalue weighted by Crippen LogP contribution is 2.37. The summed E-state index contributed by atoms with van der Waals surface area (Å²) in [4.78, 5) is 12.6. The number of halogens is 1. The molecule has 0 radical (unpaired) electrons. The summed E-state index contributed by atoms with van der Waals surface area (Å²) in [6, 6.07) is 13.1. The molecule has 162 valence electrons. The van der Waals surface area contributed by atoms with E-state index in [4.69, 9.17) is 16.3 Å². The zero-order valence-corrected chi connectivity index (χ0v) is 20.8. The number of nitrogens with zero attached hydrogens (tertiary/aromatic N) is 3. The lowest BCUT2D eigenvalue weighted by Crippen LogP contribution is -2.23. The average molecular weight is 472 g/mol. The van der Waals surface area contributed by atoms with Crippen LogP contribution in [0.2, 0.25) is 30.7 Å². The Labute approximate surface area is 191 Å². The Morgan fingerprint density at radius 2 is 1.87 bits per heavy atom. The van der Waals surface area contributed by atoms with Crippen molar-refractivity contribution < 1.29 is 4.74 Å². The van der Waals surface area contributed by atoms with Crippen LogP contribution in [0.5, 0.6) is 0 Å². The van der Waals surface area contributed by atoms with Gasteiger partial charge in [0.1, 0.15) is 6.73 Å². The molecule has 0 bridgehead atoms. The van der Waals surface area contributed by atoms with Gasteiger partial charge in [0, 0.05) is 44.6 Å². The fourth-order valence-electron chi connectivity index (χ4n) is 3.43. The molecule has 0 saturated heterocycles. The zero-order valence-electron chi connectivity index (χ0n) is 18.2. The SMILES string of the molecule is Cn1cc(-c2cccc(-c3ccc4c(c3)sc(=O)n4COCC[Si](C)(C)C)c2Cl)cn1. The number of benzene rings is 2. The monoisotopic (exact) mass is 471 g/mol. The van der Waals surface area contributed by atoms with Crippen molar-refractivity contribution in [2.75, 3.05) is 6.61 Å². The van der Waals surface area contributed by atoms with E-state index in [9.17, 15) is 4.79 Å². The summed E-state index contributed by atoms with van der Waals surface area (Å²) >= 11 is 8.02. The third kappa shape index (κ3) is 4.85. The van der Waals surface area contributed by atoms with E-state index in [1.807, 2.05) is 55.8 Å². The van der Waals surface area contributed by atoms with Crippen molar-refractivity contribution in [3.05, 3.63) is 63.5 Å². The molecule has 31 heavy (non-hydrogen) atoms. The van der Waals surface area contributed by atoms with Crippen molar-refractivity contribution in [2.24, 2.45) is 7.05 Å². The van der Waals surface area contributed by atoms with Gasteiger partial charge in [-0.05, 0) is 23.7 Å². The molecule has 2 aromatic heterocycles. The lowest BCUT2D eigenvalue weighted by atomic mass is 10.0. The summed E-state index contributed by atoms with van der Waals surface area (Å²) in [7, 11) is 0.733. The molecule has 2 heterocycles. The van der Waals surface area contributed by atoms with E-state index in [2.05, 4.69) is 24.7 Å². The van der Waals surface area contributed by atoms with Gasteiger partial charge in [-0.15, -0.1) is 0 Å². The topological polar surface area (TPSA) is 49.0 Å². The first-order chi connectivity index (χ1) is 14.7. The average Bonchev–Trinajstić information content (AvgIpc) is 3.27. The van der Waals surface area contributed by atoms with Crippen molar-refractivity contribution in [1.29, 1.82) is 0 Å². The van der Waals surface area contributed by atoms with Crippen molar-refractivity contribution in [2.45, 2.75) is 32.4 Å². The minimum Gasteiger partial charge on any atom is -0.361 e. The van der Waals surface area contributed by atoms with Crippen LogP contribution in [0.4, 0.5) is 0 Å². The minimum atomic E-state index is -1.15. The quantitative estimate of drug-likeness (QED) is 0.242. The maximum absolute atomic E-state index is 12.6. The Morgan fingerprint density at radius 1 is 1.13 bits per heavy atom. The summed E-state index contributed by atoms with van der Waals surface area (Å²) in [5.74, 6) is 0. The van der Waals surface area contributed by atoms with Crippen LogP contribution in [-0.4, -0.2) is 29.0 Å². The highest BCUT2D eigenvalue weighted by molar-refractivity contribution is 7.16. The Morgan fingerprint density at radius 3 is 2.55 bits per heavy atom. The lowest BCUT2D eigenvalue weighted by molar-refractivity contribution is 0.0888. The van der Waals surface area contributed by atoms with Gasteiger partial charge >= 0.3 is 4.87 Å². The third-order valence-corrected chi connectivity index (χ3v) is 8.26. The van der Waals surface area contributed by atoms with Gasteiger partial charge in [0.15, 0.2) is 0 Å². The summed E-state index contributed by atoms with van der Waals surface area (Å²) in [5.41, 5.74) is 4.72. The van der Waals surface area contributed by atoms with Crippen LogP contribution in [-0.2, 0) is 18.5 Å². The predicted molar refractivity (Wildman–Crippen MR) is 133 cm³/mol. The van der Waals surface area contributed by atoms with E-state index in [0.29, 0.717) is 18.4 Å². The molecule has 2 aromatic carbocycles. The number of aromatic nitrogens is 3. The first-order valence-electron chi connectivity index (χ1n) is 10.2. The van der Waals surface area contributed by atoms with Gasteiger partial charge in [-0.3, -0.25) is 14.0 Å². The van der Waals surface area contributed by atoms with E-state index >= 15 is 0 Å². The van der Waals surface area contributed by atoms with Crippen LogP contribution in [0.1, 0.15) is 0 Å². The Bertz CT molecular complexity index is 1290. The van der Waals surface area contributed by atoms with Crippen LogP contribution < -0.4 is 4.87 Å². The molecule has 0 fully saturated rings. The van der Waals surface area contributed by atoms with Gasteiger partial charge in [0.25, 0.3) is 0 Å². The van der Waals surface area contributed by atoms with E-state index in [1.165, 1.54) is 11.3 Å². The highest BCUT2D eigenvalue weighted by Gasteiger charge is 2.15. The maximum atomic E-state index is 12.6. The molecule has 0 unspecified atom stereocenters. The minimum absolute atomic E-state index is 0.00430. The molecular weight excluding hydrogens is 446 g/mol. The number of ether oxygens (including phenoxy) is 1. The number of aryl methyl sites for hydroxylation is 1. The number of hydrogen-bond acceptors (Lipinski definition) is 4. The van der Waals surface area contributed by atoms with Crippen molar-refractivity contribution in [1.82, 2.24) is 14.3 Å². The summed E-state index contributed by atoms with van der Waals surface area (Å²) in [6.45, 7) is 7.93. The van der Waals surface area contributed by atoms with Gasteiger partial charge < -0.3 is 4.74 Å². The molecule has 0 spiro atoms. The molecule has 0 N–H and O–H groups in total. The highest BCUT2D eigenvalue weighted by atomic mass is 35.5. The second-order valence-corrected chi connectivity index (χ2v) is 15.9. The van der Waals surface area contributed by atoms with E-state index in [1.54, 1.807) is 9.25 Å². The Balaban J connectivity index is 1.63. The summed E-state index contributed by atoms with van der Waals surface area (Å²) in [6.07, 6.45) is 3.75. The van der Waals surface area contributed by atoms with Gasteiger partial charge in [0.2, 0.25) is 0 Å². The molecule has 0 aliphatic heterocycles. The molecule has 4 aromatic rings. The molecule has 0 amide bonds. The Hall–Kier alpha value is -2.19. The zero-order chi connectivity index (χ0) is 22.2. The lowest BCUT2D eigenvalue weighted by Gasteiger charge is -2.15. The first-order valence-corrected chi connectivity index (χ1v) is 15.1. The molecule has 0 aliphatic carbocycles. The van der Waals surface area contributed by atoms with Gasteiger partial charge in [0.05, 0.1) is 21.4 Å². The molecule has 8 heteroatoms. The molecule has 0 saturated carbocycles. The maximum Gasteiger partial charge on any atom is 0.310 e. The van der Waals surface area contributed by atoms with Crippen molar-refractivity contribution >= 4 is 41.2 Å². The van der Waals surface area contributed by atoms with Crippen molar-refractivity contribution in [3.63, 3.8) is 0 Å². The second-order valence-electron chi connectivity index (χ2n) is 8.90. The van der Waals surface area contributed by atoms with Gasteiger partial charge in [-0.2, -0.15) is 5.10 Å². The van der Waals surface area contributed by atoms with E-state index in [0.717, 1.165) is 38.5 Å². The normalized spacial score (nSPS) is 12.0. The Kier molecular flexibility index (Phi) is 6.21. The number of hydrogen-bond donors (Lipinski definition) is 0. The summed E-state index contributed by atoms with van der Waals surface area (Å²) < 4.78 is 10.2. The van der Waals surface area contributed by atoms with Crippen LogP contribution in [0.3, 0.4) is 0 Å². The second kappa shape index (κ2) is 8.74. The third-order valence-electron chi connectivity index (χ3n) is 5.21. The van der Waals surface area contributed by atoms with Crippen LogP contribution in [0, 0.1) is 0 Å². The first kappa shape index (κ1) is 22.0. The van der Waals surface area contributed by atoms with Crippen molar-refractivity contribution in [3.8, 4) is 22.3 Å². The fraction of sp³-hybridized carbons (Fsp3) is 0.304. The predicted octanol–water partition coefficient (Wildman–Crippen LogP) is 6.10. The molecule has 5 nitrogen and oxygen atoms in total. The van der Waals surface area contributed by atoms with Crippen LogP contribution in [0.25, 0.3) is 32.5 Å². The number of rotatable bonds is 7.